The maximum Gasteiger partial charge on any atom is 0.323 e. The molecule has 0 saturated heterocycles. The number of hydrogen-bond donors (Lipinski definition) is 0. The summed E-state index contributed by atoms with van der Waals surface area (Å²) in [5, 5.41) is 0. The van der Waals surface area contributed by atoms with Crippen LogP contribution in [0.15, 0.2) is 12.2 Å². The van der Waals surface area contributed by atoms with Crippen LogP contribution in [0.1, 0.15) is 26.2 Å². The van der Waals surface area contributed by atoms with Crippen molar-refractivity contribution in [2.75, 3.05) is 7.11 Å². The molecule has 4 nitrogen and oxygen atoms in total. The average molecular weight is 210 g/mol. The first-order chi connectivity index (χ1) is 7.03. The maximum absolute atomic E-state index is 11.6. The summed E-state index contributed by atoms with van der Waals surface area (Å²) in [5.74, 6) is -0.910. The molecule has 0 heterocycles. The van der Waals surface area contributed by atoms with Gasteiger partial charge >= 0.3 is 5.97 Å². The standard InChI is InChI=1S/C11H14O4/c1-8(12)5-7-11(10(14)15-2)6-3-4-9(11)13/h5,7H,3-4,6H2,1-2H3/b7-5+/t11-/m0/s1. The van der Waals surface area contributed by atoms with Gasteiger partial charge in [0.25, 0.3) is 0 Å². The molecule has 0 aliphatic heterocycles. The van der Waals surface area contributed by atoms with E-state index in [0.717, 1.165) is 0 Å². The molecular formula is C11H14O4. The van der Waals surface area contributed by atoms with E-state index in [0.29, 0.717) is 19.3 Å². The summed E-state index contributed by atoms with van der Waals surface area (Å²) < 4.78 is 4.62. The highest BCUT2D eigenvalue weighted by atomic mass is 16.5. The molecule has 0 spiro atoms. The van der Waals surface area contributed by atoms with E-state index in [-0.39, 0.29) is 11.6 Å². The highest BCUT2D eigenvalue weighted by Crippen LogP contribution is 2.37. The number of carbonyl (C=O) groups is 3. The Hall–Kier alpha value is -1.45. The number of rotatable bonds is 3. The molecule has 1 fully saturated rings. The predicted octanol–water partition coefficient (Wildman–Crippen LogP) is 1.04. The summed E-state index contributed by atoms with van der Waals surface area (Å²) in [6.07, 6.45) is 4.12. The lowest BCUT2D eigenvalue weighted by Crippen LogP contribution is -2.34. The molecule has 0 radical (unpaired) electrons. The molecule has 4 heteroatoms. The monoisotopic (exact) mass is 210 g/mol. The molecule has 1 aliphatic carbocycles. The second-order valence-corrected chi connectivity index (χ2v) is 3.68. The number of allylic oxidation sites excluding steroid dienone is 1. The van der Waals surface area contributed by atoms with Gasteiger partial charge < -0.3 is 4.74 Å². The lowest BCUT2D eigenvalue weighted by atomic mass is 9.84. The number of carbonyl (C=O) groups excluding carboxylic acids is 3. The second kappa shape index (κ2) is 4.38. The van der Waals surface area contributed by atoms with Crippen LogP contribution in [0.4, 0.5) is 0 Å². The number of methoxy groups -OCH3 is 1. The van der Waals surface area contributed by atoms with Gasteiger partial charge in [-0.2, -0.15) is 0 Å². The van der Waals surface area contributed by atoms with Crippen LogP contribution < -0.4 is 0 Å². The molecule has 0 N–H and O–H groups in total. The highest BCUT2D eigenvalue weighted by Gasteiger charge is 2.47. The van der Waals surface area contributed by atoms with Crippen molar-refractivity contribution in [3.63, 3.8) is 0 Å². The fourth-order valence-corrected chi connectivity index (χ4v) is 1.79. The quantitative estimate of drug-likeness (QED) is 0.397. The van der Waals surface area contributed by atoms with E-state index in [4.69, 9.17) is 0 Å². The van der Waals surface area contributed by atoms with Gasteiger partial charge in [0, 0.05) is 6.42 Å². The lowest BCUT2D eigenvalue weighted by molar-refractivity contribution is -0.153. The molecule has 82 valence electrons. The first-order valence-corrected chi connectivity index (χ1v) is 4.84. The van der Waals surface area contributed by atoms with E-state index < -0.39 is 11.4 Å². The summed E-state index contributed by atoms with van der Waals surface area (Å²) >= 11 is 0. The summed E-state index contributed by atoms with van der Waals surface area (Å²) in [6.45, 7) is 1.38. The van der Waals surface area contributed by atoms with E-state index >= 15 is 0 Å². The van der Waals surface area contributed by atoms with Gasteiger partial charge in [0.15, 0.2) is 11.6 Å². The SMILES string of the molecule is COC(=O)[C@]1(/C=C/C(C)=O)CCCC1=O. The van der Waals surface area contributed by atoms with Crippen molar-refractivity contribution in [2.45, 2.75) is 26.2 Å². The first-order valence-electron chi connectivity index (χ1n) is 4.84. The summed E-state index contributed by atoms with van der Waals surface area (Å²) in [6, 6.07) is 0. The van der Waals surface area contributed by atoms with Crippen LogP contribution in [0.3, 0.4) is 0 Å². The third kappa shape index (κ3) is 2.14. The Balaban J connectivity index is 3.02. The lowest BCUT2D eigenvalue weighted by Gasteiger charge is -2.19. The van der Waals surface area contributed by atoms with Crippen molar-refractivity contribution in [1.29, 1.82) is 0 Å². The zero-order valence-corrected chi connectivity index (χ0v) is 8.91. The van der Waals surface area contributed by atoms with Gasteiger partial charge in [-0.25, -0.2) is 0 Å². The summed E-state index contributed by atoms with van der Waals surface area (Å²) in [5.41, 5.74) is -1.21. The molecule has 0 unspecified atom stereocenters. The molecule has 0 aromatic rings. The van der Waals surface area contributed by atoms with Crippen LogP contribution >= 0.6 is 0 Å². The number of esters is 1. The van der Waals surface area contributed by atoms with Crippen LogP contribution in [0, 0.1) is 5.41 Å². The number of ether oxygens (including phenoxy) is 1. The zero-order chi connectivity index (χ0) is 11.5. The normalized spacial score (nSPS) is 25.9. The van der Waals surface area contributed by atoms with Gasteiger partial charge in [0.1, 0.15) is 5.41 Å². The zero-order valence-electron chi connectivity index (χ0n) is 8.91. The molecular weight excluding hydrogens is 196 g/mol. The van der Waals surface area contributed by atoms with E-state index in [1.54, 1.807) is 0 Å². The Morgan fingerprint density at radius 1 is 1.47 bits per heavy atom. The molecule has 0 aromatic carbocycles. The topological polar surface area (TPSA) is 60.4 Å². The molecule has 0 amide bonds. The van der Waals surface area contributed by atoms with Crippen molar-refractivity contribution in [3.05, 3.63) is 12.2 Å². The predicted molar refractivity (Wildman–Crippen MR) is 53.1 cm³/mol. The average Bonchev–Trinajstić information content (AvgIpc) is 2.57. The molecule has 15 heavy (non-hydrogen) atoms. The van der Waals surface area contributed by atoms with Crippen molar-refractivity contribution in [3.8, 4) is 0 Å². The van der Waals surface area contributed by atoms with Crippen LogP contribution in [-0.2, 0) is 19.1 Å². The minimum absolute atomic E-state index is 0.160. The minimum Gasteiger partial charge on any atom is -0.468 e. The van der Waals surface area contributed by atoms with Gasteiger partial charge in [-0.1, -0.05) is 6.08 Å². The minimum atomic E-state index is -1.21. The van der Waals surface area contributed by atoms with Crippen molar-refractivity contribution in [2.24, 2.45) is 5.41 Å². The third-order valence-corrected chi connectivity index (χ3v) is 2.62. The van der Waals surface area contributed by atoms with Crippen LogP contribution in [0.25, 0.3) is 0 Å². The largest absolute Gasteiger partial charge is 0.468 e. The van der Waals surface area contributed by atoms with Crippen molar-refractivity contribution < 1.29 is 19.1 Å². The summed E-state index contributed by atoms with van der Waals surface area (Å²) in [4.78, 5) is 34.0. The first kappa shape index (κ1) is 11.6. The molecule has 0 bridgehead atoms. The maximum atomic E-state index is 11.6. The molecule has 1 rings (SSSR count). The summed E-state index contributed by atoms with van der Waals surface area (Å²) in [7, 11) is 1.25. The second-order valence-electron chi connectivity index (χ2n) is 3.68. The number of ketones is 2. The fourth-order valence-electron chi connectivity index (χ4n) is 1.79. The number of hydrogen-bond acceptors (Lipinski definition) is 4. The smallest absolute Gasteiger partial charge is 0.323 e. The Bertz CT molecular complexity index is 329. The van der Waals surface area contributed by atoms with Crippen LogP contribution in [0.5, 0.6) is 0 Å². The van der Waals surface area contributed by atoms with Crippen molar-refractivity contribution in [1.82, 2.24) is 0 Å². The van der Waals surface area contributed by atoms with E-state index in [9.17, 15) is 14.4 Å². The van der Waals surface area contributed by atoms with Gasteiger partial charge in [0.05, 0.1) is 7.11 Å². The molecule has 1 saturated carbocycles. The van der Waals surface area contributed by atoms with E-state index in [2.05, 4.69) is 4.74 Å². The van der Waals surface area contributed by atoms with Crippen LogP contribution in [0.2, 0.25) is 0 Å². The molecule has 0 aromatic heterocycles. The Morgan fingerprint density at radius 3 is 2.53 bits per heavy atom. The molecule has 1 aliphatic rings. The van der Waals surface area contributed by atoms with E-state index in [1.807, 2.05) is 0 Å². The highest BCUT2D eigenvalue weighted by molar-refractivity contribution is 6.08. The van der Waals surface area contributed by atoms with Crippen molar-refractivity contribution >= 4 is 17.5 Å². The van der Waals surface area contributed by atoms with Gasteiger partial charge in [-0.05, 0) is 25.8 Å². The van der Waals surface area contributed by atoms with Gasteiger partial charge in [-0.3, -0.25) is 14.4 Å². The van der Waals surface area contributed by atoms with E-state index in [1.165, 1.54) is 26.2 Å². The Labute approximate surface area is 88.3 Å². The van der Waals surface area contributed by atoms with Gasteiger partial charge in [-0.15, -0.1) is 0 Å². The van der Waals surface area contributed by atoms with Crippen LogP contribution in [-0.4, -0.2) is 24.6 Å². The fraction of sp³-hybridized carbons (Fsp3) is 0.545. The number of Topliss-reactive ketones (excluding diaryl/α,β-unsaturated/α-hetero) is 1. The Morgan fingerprint density at radius 2 is 2.13 bits per heavy atom. The Kier molecular flexibility index (Phi) is 3.39. The third-order valence-electron chi connectivity index (χ3n) is 2.62. The van der Waals surface area contributed by atoms with Gasteiger partial charge in [0.2, 0.25) is 0 Å². The molecule has 1 atom stereocenters.